The number of nitriles is 1. The Hall–Kier alpha value is -2.12. The van der Waals surface area contributed by atoms with Gasteiger partial charge < -0.3 is 4.74 Å². The van der Waals surface area contributed by atoms with Crippen molar-refractivity contribution in [3.8, 4) is 17.6 Å². The van der Waals surface area contributed by atoms with Crippen LogP contribution in [0.15, 0.2) is 36.5 Å². The summed E-state index contributed by atoms with van der Waals surface area (Å²) >= 11 is 5.80. The van der Waals surface area contributed by atoms with Gasteiger partial charge in [-0.3, -0.25) is 0 Å². The molecule has 0 radical (unpaired) electrons. The smallest absolute Gasteiger partial charge is 0.181 e. The molecule has 2 aromatic rings. The zero-order valence-electron chi connectivity index (χ0n) is 8.52. The highest BCUT2D eigenvalue weighted by atomic mass is 35.5. The van der Waals surface area contributed by atoms with Gasteiger partial charge in [0.25, 0.3) is 0 Å². The second kappa shape index (κ2) is 4.81. The molecule has 3 nitrogen and oxygen atoms in total. The van der Waals surface area contributed by atoms with Crippen molar-refractivity contribution in [3.63, 3.8) is 0 Å². The van der Waals surface area contributed by atoms with Crippen LogP contribution in [0.1, 0.15) is 5.69 Å². The van der Waals surface area contributed by atoms with E-state index in [-0.39, 0.29) is 16.5 Å². The summed E-state index contributed by atoms with van der Waals surface area (Å²) in [7, 11) is 0. The largest absolute Gasteiger partial charge is 0.451 e. The first kappa shape index (κ1) is 11.4. The number of nitrogens with zero attached hydrogens (tertiary/aromatic N) is 2. The van der Waals surface area contributed by atoms with Crippen LogP contribution in [0.5, 0.6) is 11.5 Å². The molecule has 0 amide bonds. The van der Waals surface area contributed by atoms with Gasteiger partial charge in [0.15, 0.2) is 11.6 Å². The van der Waals surface area contributed by atoms with Crippen LogP contribution in [0.4, 0.5) is 4.39 Å². The lowest BCUT2D eigenvalue weighted by molar-refractivity contribution is 0.441. The molecule has 5 heteroatoms. The molecule has 0 bridgehead atoms. The zero-order valence-corrected chi connectivity index (χ0v) is 9.28. The summed E-state index contributed by atoms with van der Waals surface area (Å²) < 4.78 is 18.7. The topological polar surface area (TPSA) is 45.9 Å². The Morgan fingerprint density at radius 3 is 2.71 bits per heavy atom. The Labute approximate surface area is 102 Å². The Morgan fingerprint density at radius 2 is 2.12 bits per heavy atom. The molecular formula is C12H6ClFN2O. The first-order valence-electron chi connectivity index (χ1n) is 4.69. The van der Waals surface area contributed by atoms with Crippen LogP contribution in [0.2, 0.25) is 5.02 Å². The van der Waals surface area contributed by atoms with E-state index >= 15 is 0 Å². The van der Waals surface area contributed by atoms with Crippen LogP contribution in [0.25, 0.3) is 0 Å². The maximum absolute atomic E-state index is 13.4. The normalized spacial score (nSPS) is 9.71. The first-order valence-corrected chi connectivity index (χ1v) is 5.06. The number of ether oxygens (including phenoxy) is 1. The number of benzene rings is 1. The third-order valence-electron chi connectivity index (χ3n) is 1.99. The predicted octanol–water partition coefficient (Wildman–Crippen LogP) is 3.54. The van der Waals surface area contributed by atoms with Gasteiger partial charge in [0.1, 0.15) is 17.5 Å². The standard InChI is InChI=1S/C12H6ClFN2O/c13-10-2-1-3-11(14)12(10)17-9-5-4-8(6-15)16-7-9/h1-5,7H. The molecule has 17 heavy (non-hydrogen) atoms. The average Bonchev–Trinajstić information content (AvgIpc) is 2.35. The molecule has 2 rings (SSSR count). The van der Waals surface area contributed by atoms with Crippen molar-refractivity contribution in [1.82, 2.24) is 4.98 Å². The van der Waals surface area contributed by atoms with E-state index in [0.717, 1.165) is 0 Å². The lowest BCUT2D eigenvalue weighted by atomic mass is 10.3. The maximum Gasteiger partial charge on any atom is 0.181 e. The number of halogens is 2. The fourth-order valence-corrected chi connectivity index (χ4v) is 1.41. The molecule has 0 spiro atoms. The van der Waals surface area contributed by atoms with Crippen molar-refractivity contribution in [3.05, 3.63) is 53.1 Å². The number of pyridine rings is 1. The Kier molecular flexibility index (Phi) is 3.22. The van der Waals surface area contributed by atoms with Crippen molar-refractivity contribution in [1.29, 1.82) is 5.26 Å². The molecule has 0 saturated heterocycles. The summed E-state index contributed by atoms with van der Waals surface area (Å²) in [6.45, 7) is 0. The SMILES string of the molecule is N#Cc1ccc(Oc2c(F)cccc2Cl)cn1. The molecule has 0 atom stereocenters. The van der Waals surface area contributed by atoms with Crippen LogP contribution in [-0.4, -0.2) is 4.98 Å². The number of aromatic nitrogens is 1. The van der Waals surface area contributed by atoms with E-state index in [1.807, 2.05) is 6.07 Å². The van der Waals surface area contributed by atoms with E-state index < -0.39 is 5.82 Å². The van der Waals surface area contributed by atoms with E-state index in [4.69, 9.17) is 21.6 Å². The van der Waals surface area contributed by atoms with Gasteiger partial charge in [-0.2, -0.15) is 5.26 Å². The predicted molar refractivity (Wildman–Crippen MR) is 60.4 cm³/mol. The summed E-state index contributed by atoms with van der Waals surface area (Å²) in [5.74, 6) is -0.293. The monoisotopic (exact) mass is 248 g/mol. The second-order valence-electron chi connectivity index (χ2n) is 3.14. The molecule has 1 aromatic heterocycles. The number of rotatable bonds is 2. The van der Waals surface area contributed by atoms with Crippen molar-refractivity contribution in [2.75, 3.05) is 0 Å². The molecule has 0 fully saturated rings. The van der Waals surface area contributed by atoms with E-state index in [1.54, 1.807) is 0 Å². The molecule has 0 aliphatic heterocycles. The Bertz CT molecular complexity index is 558. The molecular weight excluding hydrogens is 243 g/mol. The van der Waals surface area contributed by atoms with E-state index in [0.29, 0.717) is 5.75 Å². The minimum Gasteiger partial charge on any atom is -0.451 e. The fraction of sp³-hybridized carbons (Fsp3) is 0. The third-order valence-corrected chi connectivity index (χ3v) is 2.29. The maximum atomic E-state index is 13.4. The van der Waals surface area contributed by atoms with Crippen molar-refractivity contribution in [2.24, 2.45) is 0 Å². The first-order chi connectivity index (χ1) is 8.20. The molecule has 0 aliphatic rings. The summed E-state index contributed by atoms with van der Waals surface area (Å²) in [5.41, 5.74) is 0.261. The zero-order chi connectivity index (χ0) is 12.3. The number of hydrogen-bond acceptors (Lipinski definition) is 3. The molecule has 0 unspecified atom stereocenters. The van der Waals surface area contributed by atoms with Crippen LogP contribution in [0.3, 0.4) is 0 Å². The van der Waals surface area contributed by atoms with Crippen LogP contribution >= 0.6 is 11.6 Å². The van der Waals surface area contributed by atoms with E-state index in [9.17, 15) is 4.39 Å². The quantitative estimate of drug-likeness (QED) is 0.817. The fourth-order valence-electron chi connectivity index (χ4n) is 1.20. The second-order valence-corrected chi connectivity index (χ2v) is 3.55. The van der Waals surface area contributed by atoms with Gasteiger partial charge in [0.2, 0.25) is 0 Å². The lowest BCUT2D eigenvalue weighted by Gasteiger charge is -2.07. The Balaban J connectivity index is 2.29. The summed E-state index contributed by atoms with van der Waals surface area (Å²) in [6.07, 6.45) is 1.33. The number of para-hydroxylation sites is 1. The lowest BCUT2D eigenvalue weighted by Crippen LogP contribution is -1.90. The minimum atomic E-state index is -0.554. The van der Waals surface area contributed by atoms with Crippen LogP contribution in [-0.2, 0) is 0 Å². The molecule has 84 valence electrons. The third kappa shape index (κ3) is 2.52. The van der Waals surface area contributed by atoms with Gasteiger partial charge in [-0.05, 0) is 24.3 Å². The molecule has 1 heterocycles. The number of hydrogen-bond donors (Lipinski definition) is 0. The van der Waals surface area contributed by atoms with E-state index in [1.165, 1.54) is 36.5 Å². The highest BCUT2D eigenvalue weighted by molar-refractivity contribution is 6.32. The van der Waals surface area contributed by atoms with E-state index in [2.05, 4.69) is 4.98 Å². The van der Waals surface area contributed by atoms with Gasteiger partial charge in [-0.1, -0.05) is 17.7 Å². The molecule has 1 aromatic carbocycles. The average molecular weight is 249 g/mol. The van der Waals surface area contributed by atoms with Crippen molar-refractivity contribution >= 4 is 11.6 Å². The van der Waals surface area contributed by atoms with Gasteiger partial charge >= 0.3 is 0 Å². The van der Waals surface area contributed by atoms with Crippen LogP contribution in [0, 0.1) is 17.1 Å². The van der Waals surface area contributed by atoms with Gasteiger partial charge in [-0.25, -0.2) is 9.37 Å². The van der Waals surface area contributed by atoms with Gasteiger partial charge in [-0.15, -0.1) is 0 Å². The summed E-state index contributed by atoms with van der Waals surface area (Å²) in [6, 6.07) is 9.13. The minimum absolute atomic E-state index is 0.0549. The summed E-state index contributed by atoms with van der Waals surface area (Å²) in [5, 5.41) is 8.75. The van der Waals surface area contributed by atoms with Crippen molar-refractivity contribution < 1.29 is 9.13 Å². The van der Waals surface area contributed by atoms with Gasteiger partial charge in [0.05, 0.1) is 11.2 Å². The highest BCUT2D eigenvalue weighted by Crippen LogP contribution is 2.31. The van der Waals surface area contributed by atoms with Crippen molar-refractivity contribution in [2.45, 2.75) is 0 Å². The summed E-state index contributed by atoms with van der Waals surface area (Å²) in [4.78, 5) is 3.80. The molecule has 0 saturated carbocycles. The van der Waals surface area contributed by atoms with Gasteiger partial charge in [0, 0.05) is 0 Å². The van der Waals surface area contributed by atoms with Crippen LogP contribution < -0.4 is 4.74 Å². The Morgan fingerprint density at radius 1 is 1.29 bits per heavy atom. The molecule has 0 aliphatic carbocycles. The molecule has 0 N–H and O–H groups in total. The highest BCUT2D eigenvalue weighted by Gasteiger charge is 2.09.